The lowest BCUT2D eigenvalue weighted by molar-refractivity contribution is 0.103. The summed E-state index contributed by atoms with van der Waals surface area (Å²) >= 11 is 0. The number of ketones is 1. The quantitative estimate of drug-likeness (QED) is 0.362. The number of benzene rings is 1. The highest BCUT2D eigenvalue weighted by Gasteiger charge is 2.21. The number of aryl methyl sites for hydroxylation is 1. The molecule has 0 amide bonds. The van der Waals surface area contributed by atoms with Crippen molar-refractivity contribution in [3.63, 3.8) is 0 Å². The van der Waals surface area contributed by atoms with Gasteiger partial charge in [-0.05, 0) is 36.4 Å². The maximum Gasteiger partial charge on any atom is 0.263 e. The second-order valence-corrected chi connectivity index (χ2v) is 9.23. The zero-order chi connectivity index (χ0) is 23.9. The Kier molecular flexibility index (Phi) is 5.17. The Bertz CT molecular complexity index is 1640. The zero-order valence-corrected chi connectivity index (χ0v) is 18.5. The average molecular weight is 476 g/mol. The molecule has 0 spiro atoms. The van der Waals surface area contributed by atoms with E-state index in [1.807, 2.05) is 6.20 Å². The summed E-state index contributed by atoms with van der Waals surface area (Å²) in [4.78, 5) is 24.3. The van der Waals surface area contributed by atoms with Gasteiger partial charge in [0.25, 0.3) is 10.0 Å². The maximum absolute atomic E-state index is 14.7. The molecule has 0 fully saturated rings. The number of hydrogen-bond acceptors (Lipinski definition) is 6. The number of carbonyl (C=O) groups is 1. The molecule has 0 saturated heterocycles. The van der Waals surface area contributed by atoms with Crippen molar-refractivity contribution in [3.05, 3.63) is 90.5 Å². The number of fused-ring (bicyclic) bond motifs is 1. The lowest BCUT2D eigenvalue weighted by Crippen LogP contribution is -2.14. The first-order valence-corrected chi connectivity index (χ1v) is 11.5. The smallest absolute Gasteiger partial charge is 0.263 e. The minimum absolute atomic E-state index is 0.0441. The lowest BCUT2D eigenvalue weighted by Gasteiger charge is -2.10. The van der Waals surface area contributed by atoms with E-state index in [0.29, 0.717) is 11.0 Å². The third-order valence-electron chi connectivity index (χ3n) is 5.22. The van der Waals surface area contributed by atoms with E-state index in [9.17, 15) is 17.6 Å². The maximum atomic E-state index is 14.7. The summed E-state index contributed by atoms with van der Waals surface area (Å²) in [7, 11) is -2.17. The van der Waals surface area contributed by atoms with Crippen molar-refractivity contribution in [1.29, 1.82) is 0 Å². The summed E-state index contributed by atoms with van der Waals surface area (Å²) in [5, 5.41) is 4.65. The van der Waals surface area contributed by atoms with E-state index >= 15 is 0 Å². The predicted molar refractivity (Wildman–Crippen MR) is 123 cm³/mol. The van der Waals surface area contributed by atoms with Crippen LogP contribution in [0.15, 0.2) is 78.5 Å². The number of aromatic nitrogens is 5. The van der Waals surface area contributed by atoms with Crippen LogP contribution in [-0.4, -0.2) is 38.9 Å². The zero-order valence-electron chi connectivity index (χ0n) is 17.7. The lowest BCUT2D eigenvalue weighted by atomic mass is 10.0. The first-order valence-electron chi connectivity index (χ1n) is 10.0. The molecule has 34 heavy (non-hydrogen) atoms. The van der Waals surface area contributed by atoms with Gasteiger partial charge in [-0.25, -0.2) is 17.8 Å². The molecule has 2 N–H and O–H groups in total. The highest BCUT2D eigenvalue weighted by Crippen LogP contribution is 2.27. The number of H-pyrrole nitrogens is 1. The molecule has 0 radical (unpaired) electrons. The van der Waals surface area contributed by atoms with E-state index in [-0.39, 0.29) is 21.7 Å². The van der Waals surface area contributed by atoms with Crippen LogP contribution in [0.2, 0.25) is 0 Å². The van der Waals surface area contributed by atoms with Crippen LogP contribution in [0.3, 0.4) is 0 Å². The summed E-state index contributed by atoms with van der Waals surface area (Å²) in [5.74, 6) is -1.39. The second-order valence-electron chi connectivity index (χ2n) is 7.54. The summed E-state index contributed by atoms with van der Waals surface area (Å²) in [6.45, 7) is 0. The van der Waals surface area contributed by atoms with Gasteiger partial charge in [0.15, 0.2) is 5.78 Å². The molecule has 0 aliphatic carbocycles. The fraction of sp³-hybridized carbons (Fsp3) is 0.0435. The van der Waals surface area contributed by atoms with Crippen molar-refractivity contribution in [2.24, 2.45) is 7.05 Å². The summed E-state index contributed by atoms with van der Waals surface area (Å²) < 4.78 is 43.9. The summed E-state index contributed by atoms with van der Waals surface area (Å²) in [6.07, 6.45) is 9.24. The molecule has 170 valence electrons. The molecule has 4 aromatic heterocycles. The number of nitrogens with zero attached hydrogens (tertiary/aromatic N) is 4. The Morgan fingerprint density at radius 2 is 1.94 bits per heavy atom. The number of pyridine rings is 2. The Labute approximate surface area is 193 Å². The standard InChI is InChI=1S/C23H17FN6O3S/c1-30-13-15(10-28-30)14-7-18-20(12-27-23(18)26-9-14)22(31)19-8-16(4-5-21(19)24)29-34(32,33)17-3-2-6-25-11-17/h2-13,29H,1H3,(H,26,27). The first-order chi connectivity index (χ1) is 16.3. The Morgan fingerprint density at radius 1 is 1.09 bits per heavy atom. The van der Waals surface area contributed by atoms with Gasteiger partial charge in [0.05, 0.1) is 11.8 Å². The third-order valence-corrected chi connectivity index (χ3v) is 6.59. The first kappa shape index (κ1) is 21.5. The highest BCUT2D eigenvalue weighted by molar-refractivity contribution is 7.92. The number of nitrogens with one attached hydrogen (secondary N) is 2. The van der Waals surface area contributed by atoms with Gasteiger partial charge in [0, 0.05) is 65.8 Å². The number of sulfonamides is 1. The minimum Gasteiger partial charge on any atom is -0.345 e. The molecule has 11 heteroatoms. The summed E-state index contributed by atoms with van der Waals surface area (Å²) in [5.41, 5.74) is 1.99. The Balaban J connectivity index is 1.51. The van der Waals surface area contributed by atoms with Crippen molar-refractivity contribution in [3.8, 4) is 11.1 Å². The molecule has 0 aliphatic rings. The molecular weight excluding hydrogens is 459 g/mol. The van der Waals surface area contributed by atoms with Crippen molar-refractivity contribution >= 4 is 32.5 Å². The predicted octanol–water partition coefficient (Wildman–Crippen LogP) is 3.53. The fourth-order valence-corrected chi connectivity index (χ4v) is 4.56. The van der Waals surface area contributed by atoms with Gasteiger partial charge in [-0.15, -0.1) is 0 Å². The SMILES string of the molecule is Cn1cc(-c2cnc3[nH]cc(C(=O)c4cc(NS(=O)(=O)c5cccnc5)ccc4F)c3c2)cn1. The molecule has 5 rings (SSSR count). The van der Waals surface area contributed by atoms with Gasteiger partial charge in [0.1, 0.15) is 16.4 Å². The van der Waals surface area contributed by atoms with Gasteiger partial charge in [-0.1, -0.05) is 0 Å². The summed E-state index contributed by atoms with van der Waals surface area (Å²) in [6, 6.07) is 8.10. The van der Waals surface area contributed by atoms with Gasteiger partial charge in [-0.3, -0.25) is 19.2 Å². The van der Waals surface area contributed by atoms with Crippen LogP contribution in [0.25, 0.3) is 22.2 Å². The van der Waals surface area contributed by atoms with E-state index in [0.717, 1.165) is 17.2 Å². The van der Waals surface area contributed by atoms with Crippen molar-refractivity contribution in [2.45, 2.75) is 4.90 Å². The third kappa shape index (κ3) is 3.92. The normalized spacial score (nSPS) is 11.6. The van der Waals surface area contributed by atoms with Crippen molar-refractivity contribution < 1.29 is 17.6 Å². The molecule has 9 nitrogen and oxygen atoms in total. The fourth-order valence-electron chi connectivity index (χ4n) is 3.55. The molecule has 0 unspecified atom stereocenters. The number of rotatable bonds is 6. The molecule has 4 heterocycles. The van der Waals surface area contributed by atoms with Gasteiger partial charge in [-0.2, -0.15) is 5.10 Å². The monoisotopic (exact) mass is 476 g/mol. The van der Waals surface area contributed by atoms with Crippen LogP contribution in [0.1, 0.15) is 15.9 Å². The van der Waals surface area contributed by atoms with Crippen LogP contribution >= 0.6 is 0 Å². The molecule has 0 atom stereocenters. The Hall–Kier alpha value is -4.38. The van der Waals surface area contributed by atoms with E-state index in [1.54, 1.807) is 30.2 Å². The van der Waals surface area contributed by atoms with Crippen LogP contribution in [0, 0.1) is 5.82 Å². The topological polar surface area (TPSA) is 123 Å². The van der Waals surface area contributed by atoms with Crippen LogP contribution in [0.4, 0.5) is 10.1 Å². The average Bonchev–Trinajstić information content (AvgIpc) is 3.46. The van der Waals surface area contributed by atoms with Gasteiger partial charge in [0.2, 0.25) is 0 Å². The number of carbonyl (C=O) groups excluding carboxylic acids is 1. The van der Waals surface area contributed by atoms with Crippen molar-refractivity contribution in [2.75, 3.05) is 4.72 Å². The van der Waals surface area contributed by atoms with Crippen LogP contribution < -0.4 is 4.72 Å². The number of aromatic amines is 1. The number of halogens is 1. The van der Waals surface area contributed by atoms with Crippen LogP contribution in [0.5, 0.6) is 0 Å². The molecular formula is C23H17FN6O3S. The van der Waals surface area contributed by atoms with Gasteiger partial charge >= 0.3 is 0 Å². The molecule has 0 bridgehead atoms. The largest absolute Gasteiger partial charge is 0.345 e. The number of hydrogen-bond donors (Lipinski definition) is 2. The van der Waals surface area contributed by atoms with E-state index < -0.39 is 21.6 Å². The minimum atomic E-state index is -3.96. The number of anilines is 1. The van der Waals surface area contributed by atoms with E-state index in [1.165, 1.54) is 42.9 Å². The molecule has 5 aromatic rings. The van der Waals surface area contributed by atoms with Crippen molar-refractivity contribution in [1.82, 2.24) is 24.7 Å². The van der Waals surface area contributed by atoms with E-state index in [4.69, 9.17) is 0 Å². The highest BCUT2D eigenvalue weighted by atomic mass is 32.2. The Morgan fingerprint density at radius 3 is 2.68 bits per heavy atom. The molecule has 1 aromatic carbocycles. The second kappa shape index (κ2) is 8.19. The van der Waals surface area contributed by atoms with Crippen LogP contribution in [-0.2, 0) is 17.1 Å². The van der Waals surface area contributed by atoms with E-state index in [2.05, 4.69) is 24.8 Å². The molecule has 0 aliphatic heterocycles. The van der Waals surface area contributed by atoms with Gasteiger partial charge < -0.3 is 4.98 Å². The molecule has 0 saturated carbocycles.